The maximum absolute atomic E-state index is 13.4. The van der Waals surface area contributed by atoms with Crippen LogP contribution in [0.2, 0.25) is 0 Å². The topological polar surface area (TPSA) is 67.2 Å². The minimum Gasteiger partial charge on any atom is -0.383 e. The zero-order chi connectivity index (χ0) is 22.1. The molecule has 4 rings (SSSR count). The molecular weight excluding hydrogens is 432 g/mol. The van der Waals surface area contributed by atoms with Crippen molar-refractivity contribution < 1.29 is 9.53 Å². The largest absolute Gasteiger partial charge is 0.383 e. The van der Waals surface area contributed by atoms with Crippen LogP contribution in [0.15, 0.2) is 34.1 Å². The van der Waals surface area contributed by atoms with Gasteiger partial charge in [-0.2, -0.15) is 0 Å². The molecule has 2 aliphatic heterocycles. The molecule has 4 heterocycles. The van der Waals surface area contributed by atoms with E-state index in [1.54, 1.807) is 25.4 Å². The quantitative estimate of drug-likeness (QED) is 0.504. The smallest absolute Gasteiger partial charge is 0.267 e. The Bertz CT molecular complexity index is 1100. The highest BCUT2D eigenvalue weighted by atomic mass is 32.2. The van der Waals surface area contributed by atoms with E-state index in [4.69, 9.17) is 21.9 Å². The third-order valence-electron chi connectivity index (χ3n) is 5.59. The van der Waals surface area contributed by atoms with Crippen LogP contribution >= 0.6 is 24.0 Å². The standard InChI is InChI=1S/C22H26N4O3S2/c1-14-10-15(2)13-24(12-14)19-16(20(27)25-7-5-4-6-18(25)23-19)11-17-21(28)26(8-9-29-3)22(30)31-17/h4-7,11,14-15H,8-10,12-13H2,1-3H3. The molecule has 2 aliphatic rings. The summed E-state index contributed by atoms with van der Waals surface area (Å²) in [4.78, 5) is 35.4. The number of amides is 1. The van der Waals surface area contributed by atoms with Crippen LogP contribution in [0, 0.1) is 11.8 Å². The number of anilines is 1. The van der Waals surface area contributed by atoms with Gasteiger partial charge in [-0.3, -0.25) is 18.9 Å². The number of thiocarbonyl (C=S) groups is 1. The van der Waals surface area contributed by atoms with Gasteiger partial charge in [-0.1, -0.05) is 43.9 Å². The first-order valence-electron chi connectivity index (χ1n) is 10.4. The van der Waals surface area contributed by atoms with Crippen molar-refractivity contribution in [1.82, 2.24) is 14.3 Å². The van der Waals surface area contributed by atoms with Crippen LogP contribution in [0.5, 0.6) is 0 Å². The highest BCUT2D eigenvalue weighted by Crippen LogP contribution is 2.34. The third kappa shape index (κ3) is 4.40. The molecule has 2 unspecified atom stereocenters. The number of thioether (sulfide) groups is 1. The van der Waals surface area contributed by atoms with Crippen molar-refractivity contribution in [3.05, 3.63) is 45.2 Å². The normalized spacial score (nSPS) is 23.4. The van der Waals surface area contributed by atoms with Gasteiger partial charge in [0, 0.05) is 26.4 Å². The van der Waals surface area contributed by atoms with Gasteiger partial charge in [-0.05, 0) is 36.5 Å². The number of fused-ring (bicyclic) bond motifs is 1. The van der Waals surface area contributed by atoms with Crippen molar-refractivity contribution in [3.8, 4) is 0 Å². The first-order chi connectivity index (χ1) is 14.9. The monoisotopic (exact) mass is 458 g/mol. The van der Waals surface area contributed by atoms with E-state index in [0.29, 0.717) is 51.2 Å². The van der Waals surface area contributed by atoms with E-state index in [1.165, 1.54) is 21.1 Å². The van der Waals surface area contributed by atoms with Gasteiger partial charge >= 0.3 is 0 Å². The maximum Gasteiger partial charge on any atom is 0.267 e. The van der Waals surface area contributed by atoms with Crippen molar-refractivity contribution in [2.24, 2.45) is 11.8 Å². The summed E-state index contributed by atoms with van der Waals surface area (Å²) in [6.07, 6.45) is 4.52. The Hall–Kier alpha value is -2.23. The fourth-order valence-electron chi connectivity index (χ4n) is 4.30. The van der Waals surface area contributed by atoms with E-state index >= 15 is 0 Å². The molecule has 0 radical (unpaired) electrons. The fraction of sp³-hybridized carbons (Fsp3) is 0.455. The number of pyridine rings is 1. The van der Waals surface area contributed by atoms with Gasteiger partial charge in [0.15, 0.2) is 0 Å². The molecule has 0 saturated carbocycles. The van der Waals surface area contributed by atoms with Crippen LogP contribution < -0.4 is 10.5 Å². The van der Waals surface area contributed by atoms with Crippen molar-refractivity contribution in [2.45, 2.75) is 20.3 Å². The molecule has 2 aromatic heterocycles. The molecule has 164 valence electrons. The average molecular weight is 459 g/mol. The molecule has 2 fully saturated rings. The summed E-state index contributed by atoms with van der Waals surface area (Å²) in [5, 5.41) is 0. The SMILES string of the molecule is COCCN1C(=O)C(=Cc2c(N3CC(C)CC(C)C3)nc3ccccn3c2=O)SC1=S. The molecule has 1 amide bonds. The molecule has 2 atom stereocenters. The van der Waals surface area contributed by atoms with Gasteiger partial charge in [0.05, 0.1) is 23.6 Å². The van der Waals surface area contributed by atoms with Gasteiger partial charge in [0.1, 0.15) is 15.8 Å². The Morgan fingerprint density at radius 1 is 1.26 bits per heavy atom. The molecule has 31 heavy (non-hydrogen) atoms. The molecular formula is C22H26N4O3S2. The number of carbonyl (C=O) groups excluding carboxylic acids is 1. The van der Waals surface area contributed by atoms with Crippen LogP contribution in [-0.2, 0) is 9.53 Å². The van der Waals surface area contributed by atoms with Gasteiger partial charge in [0.25, 0.3) is 11.5 Å². The Morgan fingerprint density at radius 3 is 2.71 bits per heavy atom. The summed E-state index contributed by atoms with van der Waals surface area (Å²) in [6.45, 7) is 6.88. The third-order valence-corrected chi connectivity index (χ3v) is 6.96. The van der Waals surface area contributed by atoms with Crippen molar-refractivity contribution in [2.75, 3.05) is 38.3 Å². The van der Waals surface area contributed by atoms with E-state index in [0.717, 1.165) is 19.5 Å². The Balaban J connectivity index is 1.82. The second-order valence-electron chi connectivity index (χ2n) is 8.26. The predicted octanol–water partition coefficient (Wildman–Crippen LogP) is 3.02. The maximum atomic E-state index is 13.4. The molecule has 2 aromatic rings. The van der Waals surface area contributed by atoms with Crippen molar-refractivity contribution in [1.29, 1.82) is 0 Å². The van der Waals surface area contributed by atoms with Gasteiger partial charge in [-0.15, -0.1) is 0 Å². The number of nitrogens with zero attached hydrogens (tertiary/aromatic N) is 4. The number of methoxy groups -OCH3 is 1. The van der Waals surface area contributed by atoms with Crippen LogP contribution in [0.25, 0.3) is 11.7 Å². The van der Waals surface area contributed by atoms with E-state index in [2.05, 4.69) is 18.7 Å². The lowest BCUT2D eigenvalue weighted by atomic mass is 9.91. The highest BCUT2D eigenvalue weighted by Gasteiger charge is 2.33. The molecule has 0 bridgehead atoms. The van der Waals surface area contributed by atoms with Gasteiger partial charge in [0.2, 0.25) is 0 Å². The minimum absolute atomic E-state index is 0.186. The average Bonchev–Trinajstić information content (AvgIpc) is 3.00. The van der Waals surface area contributed by atoms with Crippen molar-refractivity contribution in [3.63, 3.8) is 0 Å². The Kier molecular flexibility index (Phi) is 6.45. The molecule has 0 spiro atoms. The van der Waals surface area contributed by atoms with E-state index in [-0.39, 0.29) is 11.5 Å². The lowest BCUT2D eigenvalue weighted by molar-refractivity contribution is -0.122. The summed E-state index contributed by atoms with van der Waals surface area (Å²) >= 11 is 6.60. The Morgan fingerprint density at radius 2 is 2.00 bits per heavy atom. The number of carbonyl (C=O) groups is 1. The fourth-order valence-corrected chi connectivity index (χ4v) is 5.59. The molecule has 0 aliphatic carbocycles. The van der Waals surface area contributed by atoms with Crippen LogP contribution in [0.1, 0.15) is 25.8 Å². The number of ether oxygens (including phenoxy) is 1. The van der Waals surface area contributed by atoms with Crippen LogP contribution in [-0.4, -0.2) is 57.9 Å². The summed E-state index contributed by atoms with van der Waals surface area (Å²) in [7, 11) is 1.59. The highest BCUT2D eigenvalue weighted by molar-refractivity contribution is 8.26. The Labute approximate surface area is 191 Å². The number of rotatable bonds is 5. The van der Waals surface area contributed by atoms with Gasteiger partial charge in [-0.25, -0.2) is 4.98 Å². The lowest BCUT2D eigenvalue weighted by Gasteiger charge is -2.36. The molecule has 0 N–H and O–H groups in total. The van der Waals surface area contributed by atoms with Crippen molar-refractivity contribution >= 4 is 51.7 Å². The van der Waals surface area contributed by atoms with E-state index in [9.17, 15) is 9.59 Å². The number of hydrogen-bond acceptors (Lipinski definition) is 7. The first-order valence-corrected chi connectivity index (χ1v) is 11.6. The van der Waals surface area contributed by atoms with Gasteiger partial charge < -0.3 is 9.64 Å². The minimum atomic E-state index is -0.198. The summed E-state index contributed by atoms with van der Waals surface area (Å²) in [6, 6.07) is 5.50. The molecule has 9 heteroatoms. The molecule has 0 aromatic carbocycles. The zero-order valence-corrected chi connectivity index (χ0v) is 19.5. The number of aromatic nitrogens is 2. The second kappa shape index (κ2) is 9.10. The van der Waals surface area contributed by atoms with Crippen LogP contribution in [0.3, 0.4) is 0 Å². The molecule has 7 nitrogen and oxygen atoms in total. The second-order valence-corrected chi connectivity index (χ2v) is 9.94. The zero-order valence-electron chi connectivity index (χ0n) is 17.9. The summed E-state index contributed by atoms with van der Waals surface area (Å²) in [5.74, 6) is 1.44. The van der Waals surface area contributed by atoms with E-state index < -0.39 is 0 Å². The number of hydrogen-bond donors (Lipinski definition) is 0. The lowest BCUT2D eigenvalue weighted by Crippen LogP contribution is -2.40. The van der Waals surface area contributed by atoms with Crippen LogP contribution in [0.4, 0.5) is 5.82 Å². The predicted molar refractivity (Wildman–Crippen MR) is 128 cm³/mol. The first kappa shape index (κ1) is 22.0. The summed E-state index contributed by atoms with van der Waals surface area (Å²) in [5.41, 5.74) is 0.837. The number of piperidine rings is 1. The molecule has 2 saturated heterocycles. The summed E-state index contributed by atoms with van der Waals surface area (Å²) < 4.78 is 7.09. The van der Waals surface area contributed by atoms with E-state index in [1.807, 2.05) is 12.1 Å².